The van der Waals surface area contributed by atoms with Crippen molar-refractivity contribution >= 4 is 20.8 Å². The van der Waals surface area contributed by atoms with E-state index in [4.69, 9.17) is 9.47 Å². The largest absolute Gasteiger partial charge is 0.379 e. The second-order valence-electron chi connectivity index (χ2n) is 6.88. The van der Waals surface area contributed by atoms with Gasteiger partial charge >= 0.3 is 0 Å². The predicted octanol–water partition coefficient (Wildman–Crippen LogP) is 2.70. The van der Waals surface area contributed by atoms with Crippen molar-refractivity contribution in [1.82, 2.24) is 4.72 Å². The third kappa shape index (κ3) is 3.87. The van der Waals surface area contributed by atoms with Crippen LogP contribution in [0, 0.1) is 5.92 Å². The Bertz CT molecular complexity index is 842. The lowest BCUT2D eigenvalue weighted by molar-refractivity contribution is -0.0672. The van der Waals surface area contributed by atoms with Crippen molar-refractivity contribution in [3.8, 4) is 0 Å². The maximum Gasteiger partial charge on any atom is 0.241 e. The average molecular weight is 361 g/mol. The standard InChI is InChI=1S/C19H23NO4S/c21-25(22,19-7-3-5-15-4-1-2-6-16(15)19)20-17-10-11-23-13-18(17)24-12-14-8-9-14/h1-7,14,17-18,20H,8-13H2/t17-,18-/m1/s1. The van der Waals surface area contributed by atoms with Gasteiger partial charge in [0.1, 0.15) is 0 Å². The minimum absolute atomic E-state index is 0.223. The van der Waals surface area contributed by atoms with Gasteiger partial charge in [0.05, 0.1) is 23.6 Å². The number of hydrogen-bond acceptors (Lipinski definition) is 4. The van der Waals surface area contributed by atoms with Crippen molar-refractivity contribution in [3.05, 3.63) is 42.5 Å². The summed E-state index contributed by atoms with van der Waals surface area (Å²) in [4.78, 5) is 0.318. The Morgan fingerprint density at radius 2 is 1.88 bits per heavy atom. The second-order valence-corrected chi connectivity index (χ2v) is 8.57. The van der Waals surface area contributed by atoms with Gasteiger partial charge in [0.15, 0.2) is 0 Å². The van der Waals surface area contributed by atoms with E-state index in [-0.39, 0.29) is 12.1 Å². The maximum absolute atomic E-state index is 13.0. The number of ether oxygens (including phenoxy) is 2. The van der Waals surface area contributed by atoms with Crippen molar-refractivity contribution in [2.45, 2.75) is 36.3 Å². The summed E-state index contributed by atoms with van der Waals surface area (Å²) >= 11 is 0. The van der Waals surface area contributed by atoms with E-state index < -0.39 is 10.0 Å². The molecule has 134 valence electrons. The highest BCUT2D eigenvalue weighted by atomic mass is 32.2. The van der Waals surface area contributed by atoms with Crippen LogP contribution < -0.4 is 4.72 Å². The van der Waals surface area contributed by atoms with Crippen LogP contribution >= 0.6 is 0 Å². The first kappa shape index (κ1) is 17.0. The van der Waals surface area contributed by atoms with Crippen LogP contribution in [0.1, 0.15) is 19.3 Å². The van der Waals surface area contributed by atoms with E-state index in [0.717, 1.165) is 10.8 Å². The summed E-state index contributed by atoms with van der Waals surface area (Å²) < 4.78 is 40.3. The first-order valence-corrected chi connectivity index (χ1v) is 10.3. The Morgan fingerprint density at radius 1 is 1.08 bits per heavy atom. The van der Waals surface area contributed by atoms with Crippen LogP contribution in [0.3, 0.4) is 0 Å². The molecule has 2 fully saturated rings. The molecule has 2 aromatic carbocycles. The fourth-order valence-electron chi connectivity index (χ4n) is 3.25. The molecule has 2 aliphatic rings. The number of fused-ring (bicyclic) bond motifs is 1. The van der Waals surface area contributed by atoms with Gasteiger partial charge in [-0.05, 0) is 36.6 Å². The quantitative estimate of drug-likeness (QED) is 0.859. The molecule has 1 saturated heterocycles. The normalized spacial score (nSPS) is 24.5. The van der Waals surface area contributed by atoms with E-state index in [0.29, 0.717) is 37.1 Å². The number of benzene rings is 2. The molecule has 0 amide bonds. The molecule has 0 radical (unpaired) electrons. The molecular weight excluding hydrogens is 338 g/mol. The van der Waals surface area contributed by atoms with Crippen LogP contribution in [0.4, 0.5) is 0 Å². The smallest absolute Gasteiger partial charge is 0.241 e. The third-order valence-electron chi connectivity index (χ3n) is 4.89. The summed E-state index contributed by atoms with van der Waals surface area (Å²) in [6.07, 6.45) is 2.82. The van der Waals surface area contributed by atoms with Gasteiger partial charge in [0.2, 0.25) is 10.0 Å². The Kier molecular flexibility index (Phi) is 4.78. The molecule has 2 atom stereocenters. The monoisotopic (exact) mass is 361 g/mol. The molecule has 1 saturated carbocycles. The van der Waals surface area contributed by atoms with E-state index in [2.05, 4.69) is 4.72 Å². The molecule has 1 N–H and O–H groups in total. The van der Waals surface area contributed by atoms with Crippen molar-refractivity contribution in [3.63, 3.8) is 0 Å². The highest BCUT2D eigenvalue weighted by Crippen LogP contribution is 2.30. The molecule has 1 aliphatic carbocycles. The van der Waals surface area contributed by atoms with Crippen LogP contribution in [0.25, 0.3) is 10.8 Å². The van der Waals surface area contributed by atoms with Gasteiger partial charge in [0, 0.05) is 18.6 Å². The first-order chi connectivity index (χ1) is 12.1. The van der Waals surface area contributed by atoms with Gasteiger partial charge in [-0.2, -0.15) is 0 Å². The lowest BCUT2D eigenvalue weighted by atomic mass is 10.1. The molecule has 0 bridgehead atoms. The van der Waals surface area contributed by atoms with E-state index >= 15 is 0 Å². The van der Waals surface area contributed by atoms with E-state index in [1.165, 1.54) is 12.8 Å². The molecule has 2 aromatic rings. The van der Waals surface area contributed by atoms with Crippen LogP contribution in [0.15, 0.2) is 47.4 Å². The van der Waals surface area contributed by atoms with E-state index in [1.807, 2.05) is 30.3 Å². The summed E-state index contributed by atoms with van der Waals surface area (Å²) in [6, 6.07) is 12.6. The van der Waals surface area contributed by atoms with Gasteiger partial charge < -0.3 is 9.47 Å². The lowest BCUT2D eigenvalue weighted by Gasteiger charge is -2.32. The molecule has 6 heteroatoms. The maximum atomic E-state index is 13.0. The Labute approximate surface area is 148 Å². The molecule has 4 rings (SSSR count). The molecule has 1 aliphatic heterocycles. The summed E-state index contributed by atoms with van der Waals surface area (Å²) in [7, 11) is -3.63. The lowest BCUT2D eigenvalue weighted by Crippen LogP contribution is -2.50. The van der Waals surface area contributed by atoms with Crippen molar-refractivity contribution in [1.29, 1.82) is 0 Å². The topological polar surface area (TPSA) is 64.6 Å². The zero-order valence-electron chi connectivity index (χ0n) is 14.1. The van der Waals surface area contributed by atoms with Crippen molar-refractivity contribution in [2.75, 3.05) is 19.8 Å². The number of hydrogen-bond donors (Lipinski definition) is 1. The number of rotatable bonds is 6. The summed E-state index contributed by atoms with van der Waals surface area (Å²) in [5, 5.41) is 1.65. The molecule has 5 nitrogen and oxygen atoms in total. The molecular formula is C19H23NO4S. The highest BCUT2D eigenvalue weighted by Gasteiger charge is 2.33. The fourth-order valence-corrected chi connectivity index (χ4v) is 4.78. The average Bonchev–Trinajstić information content (AvgIpc) is 3.44. The highest BCUT2D eigenvalue weighted by molar-refractivity contribution is 7.89. The molecule has 1 heterocycles. The SMILES string of the molecule is O=S(=O)(N[C@@H]1CCOC[C@H]1OCC1CC1)c1cccc2ccccc12. The van der Waals surface area contributed by atoms with Gasteiger partial charge in [-0.25, -0.2) is 13.1 Å². The van der Waals surface area contributed by atoms with Gasteiger partial charge in [0.25, 0.3) is 0 Å². The predicted molar refractivity (Wildman–Crippen MR) is 96.0 cm³/mol. The number of sulfonamides is 1. The Hall–Kier alpha value is -1.47. The third-order valence-corrected chi connectivity index (χ3v) is 6.44. The zero-order valence-corrected chi connectivity index (χ0v) is 14.9. The molecule has 0 aromatic heterocycles. The van der Waals surface area contributed by atoms with Gasteiger partial charge in [-0.3, -0.25) is 0 Å². The fraction of sp³-hybridized carbons (Fsp3) is 0.474. The Morgan fingerprint density at radius 3 is 2.72 bits per heavy atom. The first-order valence-electron chi connectivity index (χ1n) is 8.83. The zero-order chi connectivity index (χ0) is 17.3. The van der Waals surface area contributed by atoms with Gasteiger partial charge in [-0.1, -0.05) is 36.4 Å². The van der Waals surface area contributed by atoms with E-state index in [9.17, 15) is 8.42 Å². The Balaban J connectivity index is 1.56. The molecule has 0 unspecified atom stereocenters. The summed E-state index contributed by atoms with van der Waals surface area (Å²) in [6.45, 7) is 1.68. The van der Waals surface area contributed by atoms with Gasteiger partial charge in [-0.15, -0.1) is 0 Å². The number of nitrogens with one attached hydrogen (secondary N) is 1. The minimum Gasteiger partial charge on any atom is -0.379 e. The minimum atomic E-state index is -3.63. The van der Waals surface area contributed by atoms with Crippen LogP contribution in [0.2, 0.25) is 0 Å². The molecule has 0 spiro atoms. The summed E-state index contributed by atoms with van der Waals surface area (Å²) in [5.41, 5.74) is 0. The van der Waals surface area contributed by atoms with Crippen LogP contribution in [-0.2, 0) is 19.5 Å². The second kappa shape index (κ2) is 7.03. The van der Waals surface area contributed by atoms with Crippen LogP contribution in [-0.4, -0.2) is 40.4 Å². The van der Waals surface area contributed by atoms with E-state index in [1.54, 1.807) is 12.1 Å². The summed E-state index contributed by atoms with van der Waals surface area (Å²) in [5.74, 6) is 0.636. The van der Waals surface area contributed by atoms with Crippen molar-refractivity contribution in [2.24, 2.45) is 5.92 Å². The van der Waals surface area contributed by atoms with Crippen molar-refractivity contribution < 1.29 is 17.9 Å². The molecule has 25 heavy (non-hydrogen) atoms. The van der Waals surface area contributed by atoms with Crippen LogP contribution in [0.5, 0.6) is 0 Å².